The first-order valence-corrected chi connectivity index (χ1v) is 6.42. The molecular weight excluding hydrogens is 254 g/mol. The van der Waals surface area contributed by atoms with E-state index in [4.69, 9.17) is 4.74 Å². The molecule has 0 aliphatic heterocycles. The van der Waals surface area contributed by atoms with Gasteiger partial charge in [0.05, 0.1) is 12.6 Å². The Labute approximate surface area is 110 Å². The summed E-state index contributed by atoms with van der Waals surface area (Å²) in [6.45, 7) is 4.18. The first kappa shape index (κ1) is 14.6. The molecule has 0 aromatic carbocycles. The molecule has 0 spiro atoms. The lowest BCUT2D eigenvalue weighted by Gasteiger charge is -2.08. The number of rotatable bonds is 6. The number of methoxy groups -OCH3 is 1. The van der Waals surface area contributed by atoms with E-state index in [1.807, 2.05) is 6.92 Å². The van der Waals surface area contributed by atoms with Crippen LogP contribution in [0, 0.1) is 0 Å². The van der Waals surface area contributed by atoms with E-state index >= 15 is 0 Å². The predicted octanol–water partition coefficient (Wildman–Crippen LogP) is 0.716. The van der Waals surface area contributed by atoms with Gasteiger partial charge >= 0.3 is 0 Å². The van der Waals surface area contributed by atoms with Crippen LogP contribution in [-0.4, -0.2) is 37.1 Å². The van der Waals surface area contributed by atoms with Crippen LogP contribution in [-0.2, 0) is 9.53 Å². The predicted molar refractivity (Wildman–Crippen MR) is 68.6 cm³/mol. The molecule has 1 unspecified atom stereocenters. The lowest BCUT2D eigenvalue weighted by atomic mass is 10.3. The third kappa shape index (κ3) is 4.42. The third-order valence-corrected chi connectivity index (χ3v) is 3.16. The number of amides is 2. The van der Waals surface area contributed by atoms with Gasteiger partial charge in [0, 0.05) is 26.0 Å². The van der Waals surface area contributed by atoms with Crippen LogP contribution in [0.1, 0.15) is 35.4 Å². The molecule has 0 aliphatic carbocycles. The largest absolute Gasteiger partial charge is 0.383 e. The molecular formula is C11H17N3O3S. The van der Waals surface area contributed by atoms with Crippen LogP contribution in [0.5, 0.6) is 0 Å². The molecule has 100 valence electrons. The van der Waals surface area contributed by atoms with E-state index < -0.39 is 0 Å². The monoisotopic (exact) mass is 271 g/mol. The van der Waals surface area contributed by atoms with Crippen LogP contribution in [0.4, 0.5) is 0 Å². The van der Waals surface area contributed by atoms with Crippen molar-refractivity contribution in [3.05, 3.63) is 16.1 Å². The molecule has 0 aliphatic rings. The second kappa shape index (κ2) is 7.07. The van der Waals surface area contributed by atoms with Crippen molar-refractivity contribution in [2.75, 3.05) is 20.3 Å². The van der Waals surface area contributed by atoms with Gasteiger partial charge in [-0.2, -0.15) is 0 Å². The Balaban J connectivity index is 2.56. The van der Waals surface area contributed by atoms with Crippen molar-refractivity contribution >= 4 is 23.2 Å². The maximum Gasteiger partial charge on any atom is 0.270 e. The van der Waals surface area contributed by atoms with Crippen molar-refractivity contribution in [2.24, 2.45) is 0 Å². The average molecular weight is 271 g/mol. The Hall–Kier alpha value is -1.47. The van der Waals surface area contributed by atoms with Crippen molar-refractivity contribution in [2.45, 2.75) is 19.9 Å². The number of thiazole rings is 1. The Morgan fingerprint density at radius 3 is 2.89 bits per heavy atom. The summed E-state index contributed by atoms with van der Waals surface area (Å²) >= 11 is 1.35. The molecule has 1 heterocycles. The molecule has 1 atom stereocenters. The Morgan fingerprint density at radius 1 is 1.56 bits per heavy atom. The number of hydrogen-bond acceptors (Lipinski definition) is 5. The highest BCUT2D eigenvalue weighted by Crippen LogP contribution is 2.17. The second-order valence-electron chi connectivity index (χ2n) is 3.74. The highest BCUT2D eigenvalue weighted by molar-refractivity contribution is 7.09. The molecule has 0 saturated heterocycles. The number of ether oxygens (including phenoxy) is 1. The summed E-state index contributed by atoms with van der Waals surface area (Å²) < 4.78 is 4.84. The van der Waals surface area contributed by atoms with Crippen molar-refractivity contribution in [1.29, 1.82) is 0 Å². The van der Waals surface area contributed by atoms with Gasteiger partial charge in [0.2, 0.25) is 5.91 Å². The number of carbonyl (C=O) groups is 2. The molecule has 0 saturated carbocycles. The maximum absolute atomic E-state index is 11.7. The fourth-order valence-corrected chi connectivity index (χ4v) is 2.12. The molecule has 2 amide bonds. The maximum atomic E-state index is 11.7. The summed E-state index contributed by atoms with van der Waals surface area (Å²) in [7, 11) is 1.57. The van der Waals surface area contributed by atoms with Crippen LogP contribution in [0.3, 0.4) is 0 Å². The molecule has 7 heteroatoms. The summed E-state index contributed by atoms with van der Waals surface area (Å²) in [5.74, 6) is -0.353. The summed E-state index contributed by atoms with van der Waals surface area (Å²) in [5, 5.41) is 7.79. The summed E-state index contributed by atoms with van der Waals surface area (Å²) in [5.41, 5.74) is 0.364. The van der Waals surface area contributed by atoms with E-state index in [0.717, 1.165) is 0 Å². The minimum atomic E-state index is -0.232. The molecule has 2 N–H and O–H groups in total. The first-order valence-electron chi connectivity index (χ1n) is 5.54. The summed E-state index contributed by atoms with van der Waals surface area (Å²) in [6, 6.07) is -0.187. The van der Waals surface area contributed by atoms with Gasteiger partial charge in [-0.25, -0.2) is 4.98 Å². The number of nitrogens with zero attached hydrogens (tertiary/aromatic N) is 1. The zero-order chi connectivity index (χ0) is 13.5. The van der Waals surface area contributed by atoms with Gasteiger partial charge in [0.15, 0.2) is 0 Å². The highest BCUT2D eigenvalue weighted by atomic mass is 32.1. The van der Waals surface area contributed by atoms with Crippen LogP contribution in [0.15, 0.2) is 5.38 Å². The SMILES string of the molecule is COCCNC(=O)c1csc(C(C)NC(C)=O)n1. The Kier molecular flexibility index (Phi) is 5.73. The minimum absolute atomic E-state index is 0.121. The van der Waals surface area contributed by atoms with Gasteiger partial charge in [-0.3, -0.25) is 9.59 Å². The fraction of sp³-hybridized carbons (Fsp3) is 0.545. The van der Waals surface area contributed by atoms with E-state index in [1.54, 1.807) is 12.5 Å². The zero-order valence-corrected chi connectivity index (χ0v) is 11.5. The van der Waals surface area contributed by atoms with Gasteiger partial charge in [0.25, 0.3) is 5.91 Å². The van der Waals surface area contributed by atoms with Gasteiger partial charge in [-0.05, 0) is 6.92 Å². The van der Waals surface area contributed by atoms with Crippen LogP contribution in [0.25, 0.3) is 0 Å². The molecule has 1 aromatic rings. The molecule has 0 bridgehead atoms. The first-order chi connectivity index (χ1) is 8.54. The lowest BCUT2D eigenvalue weighted by molar-refractivity contribution is -0.119. The van der Waals surface area contributed by atoms with Crippen molar-refractivity contribution < 1.29 is 14.3 Å². The van der Waals surface area contributed by atoms with Crippen LogP contribution >= 0.6 is 11.3 Å². The molecule has 18 heavy (non-hydrogen) atoms. The van der Waals surface area contributed by atoms with Gasteiger partial charge in [0.1, 0.15) is 10.7 Å². The van der Waals surface area contributed by atoms with Crippen molar-refractivity contribution in [1.82, 2.24) is 15.6 Å². The smallest absolute Gasteiger partial charge is 0.270 e. The Bertz CT molecular complexity index is 419. The van der Waals surface area contributed by atoms with E-state index in [9.17, 15) is 9.59 Å². The van der Waals surface area contributed by atoms with Crippen molar-refractivity contribution in [3.63, 3.8) is 0 Å². The minimum Gasteiger partial charge on any atom is -0.383 e. The topological polar surface area (TPSA) is 80.3 Å². The van der Waals surface area contributed by atoms with Crippen molar-refractivity contribution in [3.8, 4) is 0 Å². The van der Waals surface area contributed by atoms with Gasteiger partial charge in [-0.1, -0.05) is 0 Å². The summed E-state index contributed by atoms with van der Waals surface area (Å²) in [6.07, 6.45) is 0. The fourth-order valence-electron chi connectivity index (χ4n) is 1.31. The number of nitrogens with one attached hydrogen (secondary N) is 2. The van der Waals surface area contributed by atoms with Gasteiger partial charge < -0.3 is 15.4 Å². The number of aromatic nitrogens is 1. The van der Waals surface area contributed by atoms with E-state index in [2.05, 4.69) is 15.6 Å². The molecule has 1 aromatic heterocycles. The van der Waals surface area contributed by atoms with E-state index in [-0.39, 0.29) is 17.9 Å². The molecule has 0 radical (unpaired) electrons. The summed E-state index contributed by atoms with van der Waals surface area (Å²) in [4.78, 5) is 26.8. The Morgan fingerprint density at radius 2 is 2.28 bits per heavy atom. The normalized spacial score (nSPS) is 11.9. The standard InChI is InChI=1S/C11H17N3O3S/c1-7(13-8(2)15)11-14-9(6-18-11)10(16)12-4-5-17-3/h6-7H,4-5H2,1-3H3,(H,12,16)(H,13,15). The lowest BCUT2D eigenvalue weighted by Crippen LogP contribution is -2.27. The van der Waals surface area contributed by atoms with Crippen LogP contribution < -0.4 is 10.6 Å². The third-order valence-electron chi connectivity index (χ3n) is 2.14. The van der Waals surface area contributed by atoms with E-state index in [0.29, 0.717) is 23.9 Å². The van der Waals surface area contributed by atoms with E-state index in [1.165, 1.54) is 18.3 Å². The molecule has 1 rings (SSSR count). The highest BCUT2D eigenvalue weighted by Gasteiger charge is 2.14. The number of carbonyl (C=O) groups excluding carboxylic acids is 2. The number of hydrogen-bond donors (Lipinski definition) is 2. The quantitative estimate of drug-likeness (QED) is 0.747. The zero-order valence-electron chi connectivity index (χ0n) is 10.6. The second-order valence-corrected chi connectivity index (χ2v) is 4.63. The molecule has 6 nitrogen and oxygen atoms in total. The molecule has 0 fully saturated rings. The average Bonchev–Trinajstić information content (AvgIpc) is 2.77. The van der Waals surface area contributed by atoms with Gasteiger partial charge in [-0.15, -0.1) is 11.3 Å². The van der Waals surface area contributed by atoms with Crippen LogP contribution in [0.2, 0.25) is 0 Å².